The van der Waals surface area contributed by atoms with Crippen LogP contribution in [0.4, 0.5) is 11.6 Å². The van der Waals surface area contributed by atoms with Crippen molar-refractivity contribution in [2.75, 3.05) is 11.9 Å². The fraction of sp³-hybridized carbons (Fsp3) is 0.182. The third-order valence-corrected chi connectivity index (χ3v) is 3.25. The van der Waals surface area contributed by atoms with Gasteiger partial charge in [0.1, 0.15) is 17.1 Å². The van der Waals surface area contributed by atoms with Gasteiger partial charge in [0.25, 0.3) is 0 Å². The lowest BCUT2D eigenvalue weighted by atomic mass is 10.3. The van der Waals surface area contributed by atoms with Crippen LogP contribution in [0.15, 0.2) is 18.3 Å². The lowest BCUT2D eigenvalue weighted by Gasteiger charge is -2.03. The van der Waals surface area contributed by atoms with Gasteiger partial charge in [-0.25, -0.2) is 9.97 Å². The summed E-state index contributed by atoms with van der Waals surface area (Å²) >= 11 is 1.16. The highest BCUT2D eigenvalue weighted by Crippen LogP contribution is 2.33. The minimum absolute atomic E-state index is 0.173. The van der Waals surface area contributed by atoms with E-state index in [1.54, 1.807) is 12.1 Å². The molecule has 0 aliphatic heterocycles. The van der Waals surface area contributed by atoms with E-state index >= 15 is 0 Å². The molecule has 2 rings (SSSR count). The molecular formula is C11H9N5O2S. The van der Waals surface area contributed by atoms with E-state index in [2.05, 4.69) is 15.3 Å². The summed E-state index contributed by atoms with van der Waals surface area (Å²) in [6, 6.07) is 5.25. The van der Waals surface area contributed by atoms with Gasteiger partial charge in [-0.1, -0.05) is 0 Å². The van der Waals surface area contributed by atoms with Crippen molar-refractivity contribution >= 4 is 23.0 Å². The Morgan fingerprint density at radius 1 is 1.58 bits per heavy atom. The smallest absolute Gasteiger partial charge is 0.314 e. The third-order valence-electron chi connectivity index (χ3n) is 2.25. The van der Waals surface area contributed by atoms with Gasteiger partial charge in [-0.3, -0.25) is 10.1 Å². The van der Waals surface area contributed by atoms with Crippen molar-refractivity contribution in [2.24, 2.45) is 0 Å². The molecule has 0 unspecified atom stereocenters. The highest BCUT2D eigenvalue weighted by atomic mass is 32.1. The van der Waals surface area contributed by atoms with Crippen LogP contribution in [0.2, 0.25) is 0 Å². The van der Waals surface area contributed by atoms with Crippen molar-refractivity contribution in [2.45, 2.75) is 6.92 Å². The summed E-state index contributed by atoms with van der Waals surface area (Å²) in [6.45, 7) is 2.49. The zero-order valence-corrected chi connectivity index (χ0v) is 10.8. The predicted octanol–water partition coefficient (Wildman–Crippen LogP) is 2.42. The van der Waals surface area contributed by atoms with Crippen molar-refractivity contribution in [3.63, 3.8) is 0 Å². The minimum Gasteiger partial charge on any atom is -0.354 e. The number of nitro groups is 1. The first-order chi connectivity index (χ1) is 9.15. The highest BCUT2D eigenvalue weighted by Gasteiger charge is 2.20. The number of rotatable bonds is 4. The molecule has 8 heteroatoms. The molecule has 96 valence electrons. The Morgan fingerprint density at radius 3 is 2.95 bits per heavy atom. The van der Waals surface area contributed by atoms with Crippen LogP contribution in [0, 0.1) is 21.4 Å². The molecule has 0 radical (unpaired) electrons. The summed E-state index contributed by atoms with van der Waals surface area (Å²) in [5.41, 5.74) is 0.0513. The zero-order valence-electron chi connectivity index (χ0n) is 9.95. The summed E-state index contributed by atoms with van der Waals surface area (Å²) in [4.78, 5) is 19.5. The number of aromatic nitrogens is 2. The normalized spacial score (nSPS) is 9.89. The SMILES string of the molecule is CCNc1ncc([N+](=O)[O-])c(-c2ccc(C#N)s2)n1. The standard InChI is InChI=1S/C11H9N5O2S/c1-2-13-11-14-6-8(16(17)18)10(15-11)9-4-3-7(5-12)19-9/h3-4,6H,2H2,1H3,(H,13,14,15). The number of thiophene rings is 1. The highest BCUT2D eigenvalue weighted by molar-refractivity contribution is 7.16. The molecule has 7 nitrogen and oxygen atoms in total. The molecule has 0 saturated heterocycles. The third kappa shape index (κ3) is 2.66. The van der Waals surface area contributed by atoms with Crippen molar-refractivity contribution in [1.29, 1.82) is 5.26 Å². The Hall–Kier alpha value is -2.53. The van der Waals surface area contributed by atoms with Crippen LogP contribution >= 0.6 is 11.3 Å². The van der Waals surface area contributed by atoms with Crippen LogP contribution in [0.5, 0.6) is 0 Å². The maximum Gasteiger partial charge on any atom is 0.314 e. The van der Waals surface area contributed by atoms with Crippen molar-refractivity contribution < 1.29 is 4.92 Å². The first kappa shape index (κ1) is 12.9. The van der Waals surface area contributed by atoms with Crippen LogP contribution in [0.25, 0.3) is 10.6 Å². The second-order valence-electron chi connectivity index (χ2n) is 3.49. The molecule has 19 heavy (non-hydrogen) atoms. The molecule has 0 atom stereocenters. The molecule has 2 heterocycles. The molecule has 0 amide bonds. The Labute approximate surface area is 112 Å². The van der Waals surface area contributed by atoms with Crippen LogP contribution in [-0.2, 0) is 0 Å². The number of nitriles is 1. The molecular weight excluding hydrogens is 266 g/mol. The van der Waals surface area contributed by atoms with Crippen molar-refractivity contribution in [3.05, 3.63) is 33.3 Å². The lowest BCUT2D eigenvalue weighted by molar-refractivity contribution is -0.384. The van der Waals surface area contributed by atoms with Gasteiger partial charge in [-0.2, -0.15) is 5.26 Å². The monoisotopic (exact) mass is 275 g/mol. The summed E-state index contributed by atoms with van der Waals surface area (Å²) in [5, 5.41) is 22.7. The molecule has 2 aromatic rings. The van der Waals surface area contributed by atoms with E-state index in [4.69, 9.17) is 5.26 Å². The van der Waals surface area contributed by atoms with E-state index in [0.29, 0.717) is 22.2 Å². The molecule has 2 aromatic heterocycles. The van der Waals surface area contributed by atoms with Gasteiger partial charge in [0.15, 0.2) is 5.69 Å². The van der Waals surface area contributed by atoms with E-state index in [1.807, 2.05) is 13.0 Å². The van der Waals surface area contributed by atoms with E-state index in [9.17, 15) is 10.1 Å². The Morgan fingerprint density at radius 2 is 2.37 bits per heavy atom. The molecule has 0 spiro atoms. The largest absolute Gasteiger partial charge is 0.354 e. The van der Waals surface area contributed by atoms with Gasteiger partial charge >= 0.3 is 5.69 Å². The number of hydrogen-bond acceptors (Lipinski definition) is 7. The molecule has 0 aliphatic rings. The quantitative estimate of drug-likeness (QED) is 0.678. The summed E-state index contributed by atoms with van der Waals surface area (Å²) in [5.74, 6) is 0.329. The maximum atomic E-state index is 11.0. The van der Waals surface area contributed by atoms with Gasteiger partial charge in [-0.05, 0) is 19.1 Å². The fourth-order valence-electron chi connectivity index (χ4n) is 1.46. The lowest BCUT2D eigenvalue weighted by Crippen LogP contribution is -2.04. The second-order valence-corrected chi connectivity index (χ2v) is 4.57. The molecule has 0 fully saturated rings. The van der Waals surface area contributed by atoms with Crippen molar-refractivity contribution in [1.82, 2.24) is 9.97 Å². The average Bonchev–Trinajstić information content (AvgIpc) is 2.87. The predicted molar refractivity (Wildman–Crippen MR) is 70.9 cm³/mol. The number of hydrogen-bond donors (Lipinski definition) is 1. The first-order valence-electron chi connectivity index (χ1n) is 5.41. The summed E-state index contributed by atoms with van der Waals surface area (Å²) in [7, 11) is 0. The van der Waals surface area contributed by atoms with Crippen molar-refractivity contribution in [3.8, 4) is 16.6 Å². The van der Waals surface area contributed by atoms with Gasteiger partial charge in [0, 0.05) is 6.54 Å². The molecule has 0 aromatic carbocycles. The molecule has 0 saturated carbocycles. The summed E-state index contributed by atoms with van der Waals surface area (Å²) < 4.78 is 0. The van der Waals surface area contributed by atoms with Gasteiger partial charge in [-0.15, -0.1) is 11.3 Å². The van der Waals surface area contributed by atoms with Gasteiger partial charge in [0.05, 0.1) is 9.80 Å². The van der Waals surface area contributed by atoms with Gasteiger partial charge in [0.2, 0.25) is 5.95 Å². The zero-order chi connectivity index (χ0) is 13.8. The van der Waals surface area contributed by atoms with E-state index in [1.165, 1.54) is 6.20 Å². The topological polar surface area (TPSA) is 105 Å². The van der Waals surface area contributed by atoms with Crippen LogP contribution < -0.4 is 5.32 Å². The van der Waals surface area contributed by atoms with Crippen LogP contribution in [-0.4, -0.2) is 21.4 Å². The first-order valence-corrected chi connectivity index (χ1v) is 6.23. The van der Waals surface area contributed by atoms with E-state index in [0.717, 1.165) is 11.3 Å². The van der Waals surface area contributed by atoms with E-state index in [-0.39, 0.29) is 11.4 Å². The Bertz CT molecular complexity index is 661. The molecule has 0 aliphatic carbocycles. The maximum absolute atomic E-state index is 11.0. The summed E-state index contributed by atoms with van der Waals surface area (Å²) in [6.07, 6.45) is 1.17. The Balaban J connectivity index is 2.54. The number of nitrogens with one attached hydrogen (secondary N) is 1. The average molecular weight is 275 g/mol. The second kappa shape index (κ2) is 5.41. The van der Waals surface area contributed by atoms with E-state index < -0.39 is 4.92 Å². The number of nitrogens with zero attached hydrogens (tertiary/aromatic N) is 4. The molecule has 0 bridgehead atoms. The van der Waals surface area contributed by atoms with Gasteiger partial charge < -0.3 is 5.32 Å². The fourth-order valence-corrected chi connectivity index (χ4v) is 2.26. The Kier molecular flexibility index (Phi) is 3.68. The number of anilines is 1. The van der Waals surface area contributed by atoms with Crippen LogP contribution in [0.1, 0.15) is 11.8 Å². The minimum atomic E-state index is -0.531. The molecule has 1 N–H and O–H groups in total. The van der Waals surface area contributed by atoms with Crippen LogP contribution in [0.3, 0.4) is 0 Å².